The van der Waals surface area contributed by atoms with Crippen LogP contribution in [0.3, 0.4) is 0 Å². The van der Waals surface area contributed by atoms with Crippen LogP contribution in [0.15, 0.2) is 58.3 Å². The Balaban J connectivity index is 2.36. The Bertz CT molecular complexity index is 699. The third kappa shape index (κ3) is 4.94. The molecule has 0 aliphatic carbocycles. The minimum absolute atomic E-state index is 0.00706. The first-order chi connectivity index (χ1) is 11.0. The first kappa shape index (κ1) is 17.8. The molecule has 5 heteroatoms. The number of rotatable bonds is 6. The van der Waals surface area contributed by atoms with E-state index in [0.717, 1.165) is 15.4 Å². The quantitative estimate of drug-likeness (QED) is 0.411. The summed E-state index contributed by atoms with van der Waals surface area (Å²) in [5.74, 6) is -0.330. The maximum atomic E-state index is 12.2. The van der Waals surface area contributed by atoms with Gasteiger partial charge >= 0.3 is 5.97 Å². The molecule has 0 saturated carbocycles. The van der Waals surface area contributed by atoms with E-state index >= 15 is 0 Å². The second kappa shape index (κ2) is 8.31. The van der Waals surface area contributed by atoms with Crippen molar-refractivity contribution in [1.29, 1.82) is 0 Å². The van der Waals surface area contributed by atoms with Crippen molar-refractivity contribution in [3.8, 4) is 0 Å². The van der Waals surface area contributed by atoms with Gasteiger partial charge in [0.1, 0.15) is 0 Å². The lowest BCUT2D eigenvalue weighted by Crippen LogP contribution is -2.12. The van der Waals surface area contributed by atoms with E-state index in [1.54, 1.807) is 30.8 Å². The van der Waals surface area contributed by atoms with Crippen LogP contribution in [0.2, 0.25) is 0 Å². The number of halogens is 1. The van der Waals surface area contributed by atoms with Gasteiger partial charge < -0.3 is 4.74 Å². The summed E-state index contributed by atoms with van der Waals surface area (Å²) in [7, 11) is 1.36. The number of ether oxygens (including phenoxy) is 1. The number of carbonyl (C=O) groups excluding carboxylic acids is 2. The van der Waals surface area contributed by atoms with Crippen molar-refractivity contribution in [2.45, 2.75) is 28.0 Å². The van der Waals surface area contributed by atoms with Gasteiger partial charge in [0.2, 0.25) is 0 Å². The number of carbonyl (C=O) groups is 2. The number of esters is 1. The number of Topliss-reactive ketones (excluding diaryl/α,β-unsaturated/α-hetero) is 1. The van der Waals surface area contributed by atoms with Crippen LogP contribution >= 0.6 is 27.7 Å². The molecule has 0 N–H and O–H groups in total. The molecule has 2 aromatic rings. The standard InChI is InChI=1S/C18H17BrO3S/c1-12(19)18(21)13-8-9-16(14(10-13)11-17(20)22-2)23-15-6-4-3-5-7-15/h3-10,12H,11H2,1-2H3/t12-/m1/s1. The molecule has 0 aliphatic heterocycles. The molecule has 3 nitrogen and oxygen atoms in total. The maximum absolute atomic E-state index is 12.2. The monoisotopic (exact) mass is 392 g/mol. The predicted octanol–water partition coefficient (Wildman–Crippen LogP) is 4.52. The van der Waals surface area contributed by atoms with E-state index in [9.17, 15) is 9.59 Å². The Morgan fingerprint density at radius 1 is 1.17 bits per heavy atom. The normalized spacial score (nSPS) is 11.8. The fraction of sp³-hybridized carbons (Fsp3) is 0.222. The number of hydrogen-bond acceptors (Lipinski definition) is 4. The Labute approximate surface area is 148 Å². The van der Waals surface area contributed by atoms with Gasteiger partial charge in [0, 0.05) is 15.4 Å². The maximum Gasteiger partial charge on any atom is 0.310 e. The number of hydrogen-bond donors (Lipinski definition) is 0. The highest BCUT2D eigenvalue weighted by Crippen LogP contribution is 2.31. The lowest BCUT2D eigenvalue weighted by Gasteiger charge is -2.11. The van der Waals surface area contributed by atoms with E-state index in [1.807, 2.05) is 36.4 Å². The zero-order chi connectivity index (χ0) is 16.8. The van der Waals surface area contributed by atoms with Gasteiger partial charge in [0.15, 0.2) is 5.78 Å². The molecular formula is C18H17BrO3S. The van der Waals surface area contributed by atoms with Crippen molar-refractivity contribution in [3.05, 3.63) is 59.7 Å². The van der Waals surface area contributed by atoms with Gasteiger partial charge in [-0.05, 0) is 36.8 Å². The molecule has 0 saturated heterocycles. The first-order valence-corrected chi connectivity index (χ1v) is 8.85. The van der Waals surface area contributed by atoms with Crippen LogP contribution in [0.1, 0.15) is 22.8 Å². The molecule has 0 aromatic heterocycles. The number of methoxy groups -OCH3 is 1. The van der Waals surface area contributed by atoms with E-state index in [0.29, 0.717) is 5.56 Å². The second-order valence-electron chi connectivity index (χ2n) is 4.97. The Kier molecular flexibility index (Phi) is 6.42. The summed E-state index contributed by atoms with van der Waals surface area (Å²) >= 11 is 4.86. The summed E-state index contributed by atoms with van der Waals surface area (Å²) in [6, 6.07) is 15.4. The molecule has 1 atom stereocenters. The van der Waals surface area contributed by atoms with Crippen molar-refractivity contribution in [3.63, 3.8) is 0 Å². The lowest BCUT2D eigenvalue weighted by molar-refractivity contribution is -0.139. The predicted molar refractivity (Wildman–Crippen MR) is 95.4 cm³/mol. The topological polar surface area (TPSA) is 43.4 Å². The fourth-order valence-electron chi connectivity index (χ4n) is 2.04. The van der Waals surface area contributed by atoms with Crippen LogP contribution in [0, 0.1) is 0 Å². The van der Waals surface area contributed by atoms with Crippen LogP contribution in [0.25, 0.3) is 0 Å². The van der Waals surface area contributed by atoms with Gasteiger partial charge in [0.05, 0.1) is 18.4 Å². The van der Waals surface area contributed by atoms with E-state index in [-0.39, 0.29) is 23.0 Å². The summed E-state index contributed by atoms with van der Waals surface area (Å²) in [5, 5.41) is 0. The van der Waals surface area contributed by atoms with Crippen LogP contribution in [0.4, 0.5) is 0 Å². The van der Waals surface area contributed by atoms with Gasteiger partial charge in [-0.1, -0.05) is 52.0 Å². The van der Waals surface area contributed by atoms with E-state index in [2.05, 4.69) is 15.9 Å². The summed E-state index contributed by atoms with van der Waals surface area (Å²) in [6.45, 7) is 1.79. The molecule has 23 heavy (non-hydrogen) atoms. The van der Waals surface area contributed by atoms with Crippen molar-refractivity contribution < 1.29 is 14.3 Å². The lowest BCUT2D eigenvalue weighted by atomic mass is 10.0. The van der Waals surface area contributed by atoms with Crippen LogP contribution < -0.4 is 0 Å². The van der Waals surface area contributed by atoms with Gasteiger partial charge in [-0.3, -0.25) is 9.59 Å². The molecule has 0 heterocycles. The number of alkyl halides is 1. The number of ketones is 1. The molecule has 0 spiro atoms. The molecule has 0 radical (unpaired) electrons. The molecule has 0 aliphatic rings. The number of benzene rings is 2. The van der Waals surface area contributed by atoms with Crippen molar-refractivity contribution in [2.75, 3.05) is 7.11 Å². The third-order valence-electron chi connectivity index (χ3n) is 3.24. The van der Waals surface area contributed by atoms with E-state index in [4.69, 9.17) is 4.74 Å². The average Bonchev–Trinajstić information content (AvgIpc) is 2.56. The van der Waals surface area contributed by atoms with Gasteiger partial charge in [-0.15, -0.1) is 0 Å². The highest BCUT2D eigenvalue weighted by Gasteiger charge is 2.16. The van der Waals surface area contributed by atoms with Crippen LogP contribution in [0.5, 0.6) is 0 Å². The molecule has 2 aromatic carbocycles. The molecule has 0 fully saturated rings. The molecule has 120 valence electrons. The third-order valence-corrected chi connectivity index (χ3v) is 4.78. The average molecular weight is 393 g/mol. The van der Waals surface area contributed by atoms with E-state index < -0.39 is 0 Å². The Hall–Kier alpha value is -1.59. The van der Waals surface area contributed by atoms with Crippen molar-refractivity contribution in [2.24, 2.45) is 0 Å². The Morgan fingerprint density at radius 3 is 2.48 bits per heavy atom. The summed E-state index contributed by atoms with van der Waals surface area (Å²) in [4.78, 5) is 25.6. The summed E-state index contributed by atoms with van der Waals surface area (Å²) in [5.41, 5.74) is 1.38. The van der Waals surface area contributed by atoms with Crippen LogP contribution in [-0.2, 0) is 16.0 Å². The fourth-order valence-corrected chi connectivity index (χ4v) is 3.25. The molecule has 0 amide bonds. The highest BCUT2D eigenvalue weighted by atomic mass is 79.9. The SMILES string of the molecule is COC(=O)Cc1cc(C(=O)[C@@H](C)Br)ccc1Sc1ccccc1. The van der Waals surface area contributed by atoms with Crippen molar-refractivity contribution >= 4 is 39.4 Å². The van der Waals surface area contributed by atoms with Crippen LogP contribution in [-0.4, -0.2) is 23.7 Å². The molecular weight excluding hydrogens is 376 g/mol. The van der Waals surface area contributed by atoms with Gasteiger partial charge in [-0.25, -0.2) is 0 Å². The minimum Gasteiger partial charge on any atom is -0.469 e. The molecule has 0 unspecified atom stereocenters. The first-order valence-electron chi connectivity index (χ1n) is 7.12. The summed E-state index contributed by atoms with van der Waals surface area (Å²) < 4.78 is 4.76. The van der Waals surface area contributed by atoms with E-state index in [1.165, 1.54) is 7.11 Å². The largest absolute Gasteiger partial charge is 0.469 e. The minimum atomic E-state index is -0.323. The second-order valence-corrected chi connectivity index (χ2v) is 7.46. The Morgan fingerprint density at radius 2 is 1.87 bits per heavy atom. The highest BCUT2D eigenvalue weighted by molar-refractivity contribution is 9.10. The van der Waals surface area contributed by atoms with Gasteiger partial charge in [-0.2, -0.15) is 0 Å². The van der Waals surface area contributed by atoms with Crippen molar-refractivity contribution in [1.82, 2.24) is 0 Å². The molecule has 0 bridgehead atoms. The van der Waals surface area contributed by atoms with Gasteiger partial charge in [0.25, 0.3) is 0 Å². The zero-order valence-electron chi connectivity index (χ0n) is 12.9. The smallest absolute Gasteiger partial charge is 0.310 e. The molecule has 2 rings (SSSR count). The summed E-state index contributed by atoms with van der Waals surface area (Å²) in [6.07, 6.45) is 0.142. The zero-order valence-corrected chi connectivity index (χ0v) is 15.3.